The third-order valence-corrected chi connectivity index (χ3v) is 4.94. The van der Waals surface area contributed by atoms with Crippen LogP contribution in [0.3, 0.4) is 0 Å². The van der Waals surface area contributed by atoms with Crippen molar-refractivity contribution in [2.75, 3.05) is 11.6 Å². The summed E-state index contributed by atoms with van der Waals surface area (Å²) in [5.41, 5.74) is -5.29. The van der Waals surface area contributed by atoms with Gasteiger partial charge in [0.05, 0.1) is 4.90 Å². The first-order valence-corrected chi connectivity index (χ1v) is 7.40. The number of hydrogen-bond acceptors (Lipinski definition) is 3. The van der Waals surface area contributed by atoms with Gasteiger partial charge < -0.3 is 0 Å². The SMILES string of the molecule is O=S(=O)(c1ccccc1SCCCl)C(F)(F)F. The molecule has 1 rings (SSSR count). The van der Waals surface area contributed by atoms with Crippen LogP contribution in [0.25, 0.3) is 0 Å². The minimum atomic E-state index is -5.30. The molecule has 0 aromatic heterocycles. The largest absolute Gasteiger partial charge is 0.501 e. The van der Waals surface area contributed by atoms with Crippen LogP contribution in [0.4, 0.5) is 13.2 Å². The van der Waals surface area contributed by atoms with Gasteiger partial charge in [-0.15, -0.1) is 23.4 Å². The molecule has 1 aromatic rings. The lowest BCUT2D eigenvalue weighted by atomic mass is 10.4. The summed E-state index contributed by atoms with van der Waals surface area (Å²) >= 11 is 6.39. The van der Waals surface area contributed by atoms with E-state index >= 15 is 0 Å². The fourth-order valence-corrected chi connectivity index (χ4v) is 3.32. The molecule has 0 aliphatic heterocycles. The molecular weight excluding hydrogens is 297 g/mol. The van der Waals surface area contributed by atoms with Gasteiger partial charge in [0, 0.05) is 16.5 Å². The molecule has 0 spiro atoms. The lowest BCUT2D eigenvalue weighted by Gasteiger charge is -2.11. The van der Waals surface area contributed by atoms with Gasteiger partial charge in [-0.05, 0) is 12.1 Å². The Bertz CT molecular complexity index is 485. The maximum absolute atomic E-state index is 12.4. The minimum absolute atomic E-state index is 0.0606. The maximum atomic E-state index is 12.4. The number of benzene rings is 1. The highest BCUT2D eigenvalue weighted by Gasteiger charge is 2.47. The topological polar surface area (TPSA) is 34.1 Å². The molecule has 8 heteroatoms. The molecule has 0 saturated carbocycles. The molecule has 0 heterocycles. The van der Waals surface area contributed by atoms with E-state index in [0.29, 0.717) is 5.75 Å². The molecule has 0 radical (unpaired) electrons. The fourth-order valence-electron chi connectivity index (χ4n) is 1.06. The highest BCUT2D eigenvalue weighted by Crippen LogP contribution is 2.35. The average molecular weight is 305 g/mol. The molecule has 1 aromatic carbocycles. The molecule has 0 unspecified atom stereocenters. The summed E-state index contributed by atoms with van der Waals surface area (Å²) in [6, 6.07) is 5.00. The Balaban J connectivity index is 3.23. The van der Waals surface area contributed by atoms with Crippen LogP contribution in [0, 0.1) is 0 Å². The molecule has 0 N–H and O–H groups in total. The number of alkyl halides is 4. The van der Waals surface area contributed by atoms with E-state index in [4.69, 9.17) is 11.6 Å². The second-order valence-corrected chi connectivity index (χ2v) is 6.36. The lowest BCUT2D eigenvalue weighted by Crippen LogP contribution is -2.23. The van der Waals surface area contributed by atoms with Crippen molar-refractivity contribution in [2.45, 2.75) is 15.3 Å². The zero-order valence-corrected chi connectivity index (χ0v) is 10.8. The summed E-state index contributed by atoms with van der Waals surface area (Å²) in [6.45, 7) is 0. The average Bonchev–Trinajstić information content (AvgIpc) is 2.25. The number of hydrogen-bond donors (Lipinski definition) is 0. The van der Waals surface area contributed by atoms with Crippen molar-refractivity contribution in [2.24, 2.45) is 0 Å². The summed E-state index contributed by atoms with van der Waals surface area (Å²) in [7, 11) is -5.30. The van der Waals surface area contributed by atoms with Gasteiger partial charge in [-0.25, -0.2) is 8.42 Å². The normalized spacial score (nSPS) is 12.7. The second-order valence-electron chi connectivity index (χ2n) is 2.93. The monoisotopic (exact) mass is 304 g/mol. The van der Waals surface area contributed by atoms with Crippen LogP contribution < -0.4 is 0 Å². The van der Waals surface area contributed by atoms with Crippen LogP contribution >= 0.6 is 23.4 Å². The molecule has 96 valence electrons. The molecule has 0 saturated heterocycles. The summed E-state index contributed by atoms with van der Waals surface area (Å²) < 4.78 is 59.7. The smallest absolute Gasteiger partial charge is 0.214 e. The molecule has 17 heavy (non-hydrogen) atoms. The molecule has 2 nitrogen and oxygen atoms in total. The van der Waals surface area contributed by atoms with E-state index in [1.165, 1.54) is 18.2 Å². The van der Waals surface area contributed by atoms with Gasteiger partial charge in [0.25, 0.3) is 9.84 Å². The van der Waals surface area contributed by atoms with Gasteiger partial charge in [0.15, 0.2) is 0 Å². The van der Waals surface area contributed by atoms with E-state index < -0.39 is 20.2 Å². The van der Waals surface area contributed by atoms with E-state index in [1.807, 2.05) is 0 Å². The zero-order chi connectivity index (χ0) is 13.1. The van der Waals surface area contributed by atoms with E-state index in [-0.39, 0.29) is 10.8 Å². The van der Waals surface area contributed by atoms with E-state index in [9.17, 15) is 21.6 Å². The quantitative estimate of drug-likeness (QED) is 0.632. The first kappa shape index (κ1) is 14.7. The van der Waals surface area contributed by atoms with Crippen molar-refractivity contribution < 1.29 is 21.6 Å². The van der Waals surface area contributed by atoms with Crippen molar-refractivity contribution >= 4 is 33.2 Å². The van der Waals surface area contributed by atoms with Crippen LogP contribution in [0.2, 0.25) is 0 Å². The lowest BCUT2D eigenvalue weighted by molar-refractivity contribution is -0.0437. The van der Waals surface area contributed by atoms with Crippen LogP contribution in [-0.4, -0.2) is 25.6 Å². The van der Waals surface area contributed by atoms with Crippen molar-refractivity contribution in [1.82, 2.24) is 0 Å². The van der Waals surface area contributed by atoms with Crippen molar-refractivity contribution in [1.29, 1.82) is 0 Å². The van der Waals surface area contributed by atoms with Crippen LogP contribution in [0.15, 0.2) is 34.1 Å². The van der Waals surface area contributed by atoms with E-state index in [1.54, 1.807) is 0 Å². The maximum Gasteiger partial charge on any atom is 0.501 e. The molecule has 0 bridgehead atoms. The summed E-state index contributed by atoms with van der Waals surface area (Å²) in [5.74, 6) is 0.566. The highest BCUT2D eigenvalue weighted by molar-refractivity contribution is 8.00. The Morgan fingerprint density at radius 2 is 1.82 bits per heavy atom. The standard InChI is InChI=1S/C9H8ClF3O2S2/c10-5-6-16-7-3-1-2-4-8(7)17(14,15)9(11,12)13/h1-4H,5-6H2. The Labute approximate surface area is 106 Å². The van der Waals surface area contributed by atoms with Crippen molar-refractivity contribution in [3.8, 4) is 0 Å². The van der Waals surface area contributed by atoms with Gasteiger partial charge in [0.1, 0.15) is 0 Å². The highest BCUT2D eigenvalue weighted by atomic mass is 35.5. The van der Waals surface area contributed by atoms with Gasteiger partial charge in [-0.2, -0.15) is 13.2 Å². The van der Waals surface area contributed by atoms with Gasteiger partial charge in [-0.1, -0.05) is 12.1 Å². The third kappa shape index (κ3) is 3.29. The fraction of sp³-hybridized carbons (Fsp3) is 0.333. The first-order chi connectivity index (χ1) is 7.80. The Morgan fingerprint density at radius 1 is 1.24 bits per heavy atom. The number of halogens is 4. The van der Waals surface area contributed by atoms with Crippen molar-refractivity contribution in [3.05, 3.63) is 24.3 Å². The zero-order valence-electron chi connectivity index (χ0n) is 8.37. The second kappa shape index (κ2) is 5.49. The molecule has 0 fully saturated rings. The first-order valence-electron chi connectivity index (χ1n) is 4.40. The van der Waals surface area contributed by atoms with E-state index in [0.717, 1.165) is 17.8 Å². The summed E-state index contributed by atoms with van der Waals surface area (Å²) in [6.07, 6.45) is 0. The predicted molar refractivity (Wildman–Crippen MR) is 61.1 cm³/mol. The van der Waals surface area contributed by atoms with Crippen LogP contribution in [0.1, 0.15) is 0 Å². The predicted octanol–water partition coefficient (Wildman–Crippen LogP) is 3.31. The van der Waals surface area contributed by atoms with E-state index in [2.05, 4.69) is 0 Å². The van der Waals surface area contributed by atoms with Crippen LogP contribution in [0.5, 0.6) is 0 Å². The molecular formula is C9H8ClF3O2S2. The van der Waals surface area contributed by atoms with Crippen molar-refractivity contribution in [3.63, 3.8) is 0 Å². The molecule has 0 atom stereocenters. The summed E-state index contributed by atoms with van der Waals surface area (Å²) in [4.78, 5) is -0.659. The Kier molecular flexibility index (Phi) is 4.74. The number of thioether (sulfide) groups is 1. The third-order valence-electron chi connectivity index (χ3n) is 1.78. The summed E-state index contributed by atoms with van der Waals surface area (Å²) in [5, 5.41) is 0. The van der Waals surface area contributed by atoms with Gasteiger partial charge in [0.2, 0.25) is 0 Å². The molecule has 0 aliphatic rings. The Morgan fingerprint density at radius 3 is 2.35 bits per heavy atom. The minimum Gasteiger partial charge on any atom is -0.214 e. The van der Waals surface area contributed by atoms with Gasteiger partial charge in [-0.3, -0.25) is 0 Å². The Hall–Kier alpha value is -0.400. The van der Waals surface area contributed by atoms with Gasteiger partial charge >= 0.3 is 5.51 Å². The molecule has 0 aliphatic carbocycles. The number of sulfone groups is 1. The molecule has 0 amide bonds. The van der Waals surface area contributed by atoms with Crippen LogP contribution in [-0.2, 0) is 9.84 Å². The number of rotatable bonds is 4.